The van der Waals surface area contributed by atoms with E-state index in [2.05, 4.69) is 47.9 Å². The molecule has 1 unspecified atom stereocenters. The third-order valence-corrected chi connectivity index (χ3v) is 3.76. The van der Waals surface area contributed by atoms with Crippen molar-refractivity contribution in [3.63, 3.8) is 0 Å². The van der Waals surface area contributed by atoms with Crippen molar-refractivity contribution in [1.82, 2.24) is 4.90 Å². The molecule has 1 aliphatic rings. The molecule has 0 saturated carbocycles. The number of hydrogen-bond acceptors (Lipinski definition) is 2. The molecule has 19 heavy (non-hydrogen) atoms. The average molecular weight is 256 g/mol. The van der Waals surface area contributed by atoms with Crippen molar-refractivity contribution in [2.24, 2.45) is 11.7 Å². The van der Waals surface area contributed by atoms with Crippen LogP contribution in [0.4, 0.5) is 0 Å². The minimum absolute atomic E-state index is 0.425. The van der Waals surface area contributed by atoms with E-state index >= 15 is 0 Å². The van der Waals surface area contributed by atoms with Crippen LogP contribution in [0.25, 0.3) is 0 Å². The van der Waals surface area contributed by atoms with Gasteiger partial charge in [0.25, 0.3) is 0 Å². The Kier molecular flexibility index (Phi) is 5.44. The summed E-state index contributed by atoms with van der Waals surface area (Å²) in [5.41, 5.74) is 7.81. The van der Waals surface area contributed by atoms with Gasteiger partial charge in [0.15, 0.2) is 0 Å². The van der Waals surface area contributed by atoms with Gasteiger partial charge in [-0.1, -0.05) is 37.3 Å². The van der Waals surface area contributed by atoms with Gasteiger partial charge in [-0.2, -0.15) is 0 Å². The van der Waals surface area contributed by atoms with Crippen LogP contribution in [0.2, 0.25) is 0 Å². The standard InChI is InChI=1S/C17H24N2/c1-2-4-16-10-12-19(13-16)14-17-8-6-15(7-9-17)5-3-11-18/h6-9,16H,2,4,10-14,18H2,1H3. The molecule has 1 aromatic carbocycles. The number of nitrogens with two attached hydrogens (primary N) is 1. The highest BCUT2D eigenvalue weighted by molar-refractivity contribution is 5.36. The molecule has 1 saturated heterocycles. The SMILES string of the molecule is CCCC1CCN(Cc2ccc(C#CCN)cc2)C1. The lowest BCUT2D eigenvalue weighted by Crippen LogP contribution is -2.20. The monoisotopic (exact) mass is 256 g/mol. The second kappa shape index (κ2) is 7.33. The van der Waals surface area contributed by atoms with Gasteiger partial charge in [-0.15, -0.1) is 0 Å². The van der Waals surface area contributed by atoms with E-state index < -0.39 is 0 Å². The van der Waals surface area contributed by atoms with Crippen LogP contribution >= 0.6 is 0 Å². The van der Waals surface area contributed by atoms with E-state index in [1.807, 2.05) is 0 Å². The highest BCUT2D eigenvalue weighted by atomic mass is 15.1. The molecule has 0 aliphatic carbocycles. The zero-order chi connectivity index (χ0) is 13.5. The molecule has 1 aromatic rings. The maximum absolute atomic E-state index is 5.37. The molecule has 2 nitrogen and oxygen atoms in total. The second-order valence-corrected chi connectivity index (χ2v) is 5.38. The van der Waals surface area contributed by atoms with Crippen molar-refractivity contribution in [3.05, 3.63) is 35.4 Å². The fraction of sp³-hybridized carbons (Fsp3) is 0.529. The summed E-state index contributed by atoms with van der Waals surface area (Å²) < 4.78 is 0. The number of likely N-dealkylation sites (tertiary alicyclic amines) is 1. The molecule has 0 amide bonds. The Labute approximate surface area is 117 Å². The molecule has 0 radical (unpaired) electrons. The first kappa shape index (κ1) is 14.1. The van der Waals surface area contributed by atoms with Gasteiger partial charge < -0.3 is 5.73 Å². The van der Waals surface area contributed by atoms with Crippen LogP contribution in [-0.4, -0.2) is 24.5 Å². The molecule has 102 valence electrons. The number of nitrogens with zero attached hydrogens (tertiary/aromatic N) is 1. The van der Waals surface area contributed by atoms with Gasteiger partial charge in [0.2, 0.25) is 0 Å². The van der Waals surface area contributed by atoms with Crippen LogP contribution in [0, 0.1) is 17.8 Å². The smallest absolute Gasteiger partial charge is 0.0555 e. The normalized spacial score (nSPS) is 19.2. The maximum Gasteiger partial charge on any atom is 0.0555 e. The van der Waals surface area contributed by atoms with E-state index in [4.69, 9.17) is 5.73 Å². The van der Waals surface area contributed by atoms with E-state index in [1.165, 1.54) is 37.9 Å². The van der Waals surface area contributed by atoms with E-state index in [1.54, 1.807) is 0 Å². The molecule has 2 heteroatoms. The highest BCUT2D eigenvalue weighted by Gasteiger charge is 2.21. The van der Waals surface area contributed by atoms with Crippen LogP contribution in [0.1, 0.15) is 37.3 Å². The van der Waals surface area contributed by atoms with Crippen molar-refractivity contribution < 1.29 is 0 Å². The number of rotatable bonds is 4. The van der Waals surface area contributed by atoms with Crippen LogP contribution in [0.15, 0.2) is 24.3 Å². The predicted molar refractivity (Wildman–Crippen MR) is 80.7 cm³/mol. The molecule has 2 N–H and O–H groups in total. The van der Waals surface area contributed by atoms with Gasteiger partial charge in [0.05, 0.1) is 6.54 Å². The van der Waals surface area contributed by atoms with Crippen molar-refractivity contribution in [1.29, 1.82) is 0 Å². The molecule has 1 aliphatic heterocycles. The van der Waals surface area contributed by atoms with Gasteiger partial charge in [0, 0.05) is 18.7 Å². The Morgan fingerprint density at radius 3 is 2.79 bits per heavy atom. The Morgan fingerprint density at radius 2 is 2.11 bits per heavy atom. The quantitative estimate of drug-likeness (QED) is 0.839. The van der Waals surface area contributed by atoms with Gasteiger partial charge in [-0.3, -0.25) is 4.90 Å². The molecule has 1 heterocycles. The van der Waals surface area contributed by atoms with Crippen molar-refractivity contribution in [2.75, 3.05) is 19.6 Å². The van der Waals surface area contributed by atoms with Gasteiger partial charge in [0.1, 0.15) is 0 Å². The highest BCUT2D eigenvalue weighted by Crippen LogP contribution is 2.22. The Hall–Kier alpha value is -1.30. The number of hydrogen-bond donors (Lipinski definition) is 1. The van der Waals surface area contributed by atoms with E-state index in [0.29, 0.717) is 6.54 Å². The molecule has 1 fully saturated rings. The van der Waals surface area contributed by atoms with Crippen LogP contribution in [0.3, 0.4) is 0 Å². The zero-order valence-corrected chi connectivity index (χ0v) is 11.9. The van der Waals surface area contributed by atoms with E-state index in [-0.39, 0.29) is 0 Å². The van der Waals surface area contributed by atoms with Gasteiger partial charge in [-0.25, -0.2) is 0 Å². The van der Waals surface area contributed by atoms with Crippen molar-refractivity contribution in [2.45, 2.75) is 32.7 Å². The number of benzene rings is 1. The largest absolute Gasteiger partial charge is 0.320 e. The summed E-state index contributed by atoms with van der Waals surface area (Å²) in [6, 6.07) is 8.57. The van der Waals surface area contributed by atoms with E-state index in [0.717, 1.165) is 18.0 Å². The zero-order valence-electron chi connectivity index (χ0n) is 11.9. The topological polar surface area (TPSA) is 29.3 Å². The van der Waals surface area contributed by atoms with Crippen LogP contribution in [0.5, 0.6) is 0 Å². The van der Waals surface area contributed by atoms with Gasteiger partial charge >= 0.3 is 0 Å². The lowest BCUT2D eigenvalue weighted by Gasteiger charge is -2.16. The van der Waals surface area contributed by atoms with Gasteiger partial charge in [-0.05, 0) is 43.0 Å². The second-order valence-electron chi connectivity index (χ2n) is 5.38. The lowest BCUT2D eigenvalue weighted by molar-refractivity contribution is 0.313. The third-order valence-electron chi connectivity index (χ3n) is 3.76. The van der Waals surface area contributed by atoms with Crippen molar-refractivity contribution in [3.8, 4) is 11.8 Å². The molecule has 0 aromatic heterocycles. The van der Waals surface area contributed by atoms with Crippen LogP contribution in [-0.2, 0) is 6.54 Å². The minimum Gasteiger partial charge on any atom is -0.320 e. The summed E-state index contributed by atoms with van der Waals surface area (Å²) in [7, 11) is 0. The fourth-order valence-corrected chi connectivity index (χ4v) is 2.81. The summed E-state index contributed by atoms with van der Waals surface area (Å²) in [4.78, 5) is 2.57. The first-order chi connectivity index (χ1) is 9.31. The maximum atomic E-state index is 5.37. The molecular formula is C17H24N2. The molecule has 0 bridgehead atoms. The molecular weight excluding hydrogens is 232 g/mol. The summed E-state index contributed by atoms with van der Waals surface area (Å²) in [6.45, 7) is 6.30. The molecule has 0 spiro atoms. The Balaban J connectivity index is 1.86. The predicted octanol–water partition coefficient (Wildman–Crippen LogP) is 2.62. The van der Waals surface area contributed by atoms with Crippen LogP contribution < -0.4 is 5.73 Å². The summed E-state index contributed by atoms with van der Waals surface area (Å²) in [6.07, 6.45) is 4.06. The summed E-state index contributed by atoms with van der Waals surface area (Å²) in [5.74, 6) is 6.86. The molecule has 2 rings (SSSR count). The minimum atomic E-state index is 0.425. The third kappa shape index (κ3) is 4.38. The summed E-state index contributed by atoms with van der Waals surface area (Å²) >= 11 is 0. The Morgan fingerprint density at radius 1 is 1.32 bits per heavy atom. The van der Waals surface area contributed by atoms with E-state index in [9.17, 15) is 0 Å². The Bertz CT molecular complexity index is 439. The average Bonchev–Trinajstić information content (AvgIpc) is 2.86. The summed E-state index contributed by atoms with van der Waals surface area (Å²) in [5, 5.41) is 0. The first-order valence-corrected chi connectivity index (χ1v) is 7.32. The lowest BCUT2D eigenvalue weighted by atomic mass is 10.0. The first-order valence-electron chi connectivity index (χ1n) is 7.32. The molecule has 1 atom stereocenters. The van der Waals surface area contributed by atoms with Crippen molar-refractivity contribution >= 4 is 0 Å². The fourth-order valence-electron chi connectivity index (χ4n) is 2.81.